The number of benzene rings is 1. The second-order valence-electron chi connectivity index (χ2n) is 4.97. The number of hydrogen-bond donors (Lipinski definition) is 0. The van der Waals surface area contributed by atoms with Crippen molar-refractivity contribution in [3.63, 3.8) is 0 Å². The molecule has 2 rings (SSSR count). The van der Waals surface area contributed by atoms with E-state index in [2.05, 4.69) is 5.16 Å². The Morgan fingerprint density at radius 3 is 2.50 bits per heavy atom. The van der Waals surface area contributed by atoms with E-state index in [0.717, 1.165) is 37.1 Å². The van der Waals surface area contributed by atoms with Crippen LogP contribution in [0.25, 0.3) is 0 Å². The van der Waals surface area contributed by atoms with Gasteiger partial charge in [-0.05, 0) is 38.3 Å². The highest BCUT2D eigenvalue weighted by molar-refractivity contribution is 6.37. The summed E-state index contributed by atoms with van der Waals surface area (Å²) in [5, 5.41) is 13.4. The molecule has 0 N–H and O–H groups in total. The first-order chi connectivity index (χ1) is 10.6. The highest BCUT2D eigenvalue weighted by atomic mass is 35.5. The Kier molecular flexibility index (Phi) is 6.11. The number of ether oxygens (including phenoxy) is 1. The van der Waals surface area contributed by atoms with Crippen LogP contribution in [0.3, 0.4) is 0 Å². The predicted octanol–water partition coefficient (Wildman–Crippen LogP) is 4.95. The van der Waals surface area contributed by atoms with Gasteiger partial charge in [-0.15, -0.1) is 0 Å². The molecule has 6 heteroatoms. The lowest BCUT2D eigenvalue weighted by Crippen LogP contribution is -1.99. The Morgan fingerprint density at radius 1 is 1.18 bits per heavy atom. The number of rotatable bonds is 7. The summed E-state index contributed by atoms with van der Waals surface area (Å²) in [5.74, 6) is 1.35. The topological polar surface area (TPSA) is 59.0 Å². The number of halogens is 2. The first-order valence-electron chi connectivity index (χ1n) is 7.04. The monoisotopic (exact) mass is 338 g/mol. The van der Waals surface area contributed by atoms with Crippen molar-refractivity contribution in [3.05, 3.63) is 45.3 Å². The largest absolute Gasteiger partial charge is 0.490 e. The van der Waals surface area contributed by atoms with Gasteiger partial charge in [-0.25, -0.2) is 0 Å². The Hall–Kier alpha value is -1.70. The smallest absolute Gasteiger partial charge is 0.156 e. The van der Waals surface area contributed by atoms with Gasteiger partial charge in [0, 0.05) is 12.5 Å². The summed E-state index contributed by atoms with van der Waals surface area (Å²) in [6, 6.07) is 7.05. The average Bonchev–Trinajstić information content (AvgIpc) is 2.90. The van der Waals surface area contributed by atoms with Crippen molar-refractivity contribution in [2.24, 2.45) is 0 Å². The van der Waals surface area contributed by atoms with Gasteiger partial charge < -0.3 is 9.26 Å². The Labute approximate surface area is 139 Å². The fourth-order valence-electron chi connectivity index (χ4n) is 2.05. The van der Waals surface area contributed by atoms with Crippen LogP contribution in [0.4, 0.5) is 0 Å². The normalized spacial score (nSPS) is 10.5. The molecule has 1 aromatic heterocycles. The fourth-order valence-corrected chi connectivity index (χ4v) is 2.64. The standard InChI is InChI=1S/C16H16Cl2N2O2/c1-11-7-13(22-20-11)5-3-2-4-6-21-16-14(17)8-12(10-19)9-15(16)18/h7-9H,2-6H2,1H3. The van der Waals surface area contributed by atoms with Crippen LogP contribution in [0, 0.1) is 18.3 Å². The molecular formula is C16H16Cl2N2O2. The van der Waals surface area contributed by atoms with Gasteiger partial charge in [-0.1, -0.05) is 28.4 Å². The zero-order valence-corrected chi connectivity index (χ0v) is 13.7. The van der Waals surface area contributed by atoms with E-state index in [1.165, 1.54) is 0 Å². The molecule has 0 atom stereocenters. The number of nitriles is 1. The summed E-state index contributed by atoms with van der Waals surface area (Å²) in [7, 11) is 0. The minimum Gasteiger partial charge on any atom is -0.490 e. The van der Waals surface area contributed by atoms with Crippen LogP contribution in [0.15, 0.2) is 22.7 Å². The Balaban J connectivity index is 1.72. The Morgan fingerprint density at radius 2 is 1.91 bits per heavy atom. The van der Waals surface area contributed by atoms with E-state index in [-0.39, 0.29) is 0 Å². The summed E-state index contributed by atoms with van der Waals surface area (Å²) in [4.78, 5) is 0. The van der Waals surface area contributed by atoms with Crippen molar-refractivity contribution >= 4 is 23.2 Å². The molecule has 1 aromatic carbocycles. The molecule has 0 saturated heterocycles. The van der Waals surface area contributed by atoms with Crippen LogP contribution >= 0.6 is 23.2 Å². The molecule has 0 aliphatic rings. The lowest BCUT2D eigenvalue weighted by Gasteiger charge is -2.10. The Bertz CT molecular complexity index is 654. The molecule has 0 saturated carbocycles. The number of hydrogen-bond acceptors (Lipinski definition) is 4. The first-order valence-corrected chi connectivity index (χ1v) is 7.80. The number of nitrogens with zero attached hydrogens (tertiary/aromatic N) is 2. The molecule has 0 amide bonds. The molecule has 0 bridgehead atoms. The van der Waals surface area contributed by atoms with E-state index in [4.69, 9.17) is 37.7 Å². The molecule has 2 aromatic rings. The van der Waals surface area contributed by atoms with Crippen LogP contribution < -0.4 is 4.74 Å². The van der Waals surface area contributed by atoms with Gasteiger partial charge >= 0.3 is 0 Å². The molecule has 0 aliphatic carbocycles. The summed E-state index contributed by atoms with van der Waals surface area (Å²) in [6.45, 7) is 2.44. The van der Waals surface area contributed by atoms with Gasteiger partial charge in [0.25, 0.3) is 0 Å². The number of aryl methyl sites for hydroxylation is 2. The van der Waals surface area contributed by atoms with E-state index in [9.17, 15) is 0 Å². The number of unbranched alkanes of at least 4 members (excludes halogenated alkanes) is 2. The third-order valence-electron chi connectivity index (χ3n) is 3.12. The highest BCUT2D eigenvalue weighted by Gasteiger charge is 2.09. The second-order valence-corrected chi connectivity index (χ2v) is 5.79. The van der Waals surface area contributed by atoms with Crippen molar-refractivity contribution in [2.75, 3.05) is 6.61 Å². The van der Waals surface area contributed by atoms with Crippen molar-refractivity contribution in [1.29, 1.82) is 5.26 Å². The van der Waals surface area contributed by atoms with Crippen LogP contribution in [0.2, 0.25) is 10.0 Å². The highest BCUT2D eigenvalue weighted by Crippen LogP contribution is 2.34. The minimum atomic E-state index is 0.362. The maximum absolute atomic E-state index is 8.83. The van der Waals surface area contributed by atoms with Crippen LogP contribution in [0.1, 0.15) is 36.3 Å². The van der Waals surface area contributed by atoms with Crippen LogP contribution in [-0.2, 0) is 6.42 Å². The van der Waals surface area contributed by atoms with Gasteiger partial charge in [0.1, 0.15) is 5.76 Å². The van der Waals surface area contributed by atoms with Gasteiger partial charge in [-0.3, -0.25) is 0 Å². The molecule has 4 nitrogen and oxygen atoms in total. The van der Waals surface area contributed by atoms with E-state index >= 15 is 0 Å². The molecule has 0 unspecified atom stereocenters. The van der Waals surface area contributed by atoms with Crippen molar-refractivity contribution in [3.8, 4) is 11.8 Å². The van der Waals surface area contributed by atoms with Crippen LogP contribution in [-0.4, -0.2) is 11.8 Å². The summed E-state index contributed by atoms with van der Waals surface area (Å²) >= 11 is 12.1. The van der Waals surface area contributed by atoms with Crippen LogP contribution in [0.5, 0.6) is 5.75 Å². The summed E-state index contributed by atoms with van der Waals surface area (Å²) in [5.41, 5.74) is 1.33. The van der Waals surface area contributed by atoms with E-state index in [1.807, 2.05) is 19.1 Å². The molecule has 0 aliphatic heterocycles. The van der Waals surface area contributed by atoms with Crippen molar-refractivity contribution in [2.45, 2.75) is 32.6 Å². The average molecular weight is 339 g/mol. The van der Waals surface area contributed by atoms with Gasteiger partial charge in [0.2, 0.25) is 0 Å². The third-order valence-corrected chi connectivity index (χ3v) is 3.68. The maximum atomic E-state index is 8.83. The van der Waals surface area contributed by atoms with Gasteiger partial charge in [0.15, 0.2) is 5.75 Å². The molecule has 22 heavy (non-hydrogen) atoms. The predicted molar refractivity (Wildman–Crippen MR) is 85.5 cm³/mol. The lowest BCUT2D eigenvalue weighted by atomic mass is 10.1. The van der Waals surface area contributed by atoms with E-state index in [1.54, 1.807) is 12.1 Å². The SMILES string of the molecule is Cc1cc(CCCCCOc2c(Cl)cc(C#N)cc2Cl)on1. The third kappa shape index (κ3) is 4.66. The molecular weight excluding hydrogens is 323 g/mol. The summed E-state index contributed by atoms with van der Waals surface area (Å²) < 4.78 is 10.8. The maximum Gasteiger partial charge on any atom is 0.156 e. The number of aromatic nitrogens is 1. The lowest BCUT2D eigenvalue weighted by molar-refractivity contribution is 0.303. The second kappa shape index (κ2) is 8.07. The zero-order chi connectivity index (χ0) is 15.9. The molecule has 0 radical (unpaired) electrons. The zero-order valence-electron chi connectivity index (χ0n) is 12.2. The quantitative estimate of drug-likeness (QED) is 0.670. The molecule has 1 heterocycles. The van der Waals surface area contributed by atoms with Gasteiger partial charge in [-0.2, -0.15) is 5.26 Å². The molecule has 116 valence electrons. The van der Waals surface area contributed by atoms with E-state index < -0.39 is 0 Å². The van der Waals surface area contributed by atoms with Gasteiger partial charge in [0.05, 0.1) is 34.0 Å². The molecule has 0 spiro atoms. The molecule has 0 fully saturated rings. The van der Waals surface area contributed by atoms with Crippen molar-refractivity contribution in [1.82, 2.24) is 5.16 Å². The van der Waals surface area contributed by atoms with Crippen molar-refractivity contribution < 1.29 is 9.26 Å². The fraction of sp³-hybridized carbons (Fsp3) is 0.375. The minimum absolute atomic E-state index is 0.362. The summed E-state index contributed by atoms with van der Waals surface area (Å²) in [6.07, 6.45) is 3.77. The first kappa shape index (κ1) is 16.7. The van der Waals surface area contributed by atoms with E-state index in [0.29, 0.717) is 28.0 Å².